The van der Waals surface area contributed by atoms with Gasteiger partial charge in [0.1, 0.15) is 5.82 Å². The summed E-state index contributed by atoms with van der Waals surface area (Å²) in [7, 11) is 0. The van der Waals surface area contributed by atoms with Gasteiger partial charge in [-0.05, 0) is 49.2 Å². The van der Waals surface area contributed by atoms with Crippen LogP contribution in [0.2, 0.25) is 0 Å². The third-order valence-electron chi connectivity index (χ3n) is 5.42. The first-order chi connectivity index (χ1) is 13.6. The molecule has 0 saturated carbocycles. The molecule has 7 nitrogen and oxygen atoms in total. The first-order valence-electron chi connectivity index (χ1n) is 9.72. The summed E-state index contributed by atoms with van der Waals surface area (Å²) < 4.78 is 0. The average molecular weight is 379 g/mol. The first-order valence-corrected chi connectivity index (χ1v) is 9.72. The number of hydrogen-bond acceptors (Lipinski definition) is 5. The maximum absolute atomic E-state index is 12.4. The lowest BCUT2D eigenvalue weighted by molar-refractivity contribution is -0.114. The summed E-state index contributed by atoms with van der Waals surface area (Å²) in [4.78, 5) is 33.0. The van der Waals surface area contributed by atoms with E-state index in [9.17, 15) is 9.59 Å². The van der Waals surface area contributed by atoms with E-state index >= 15 is 0 Å². The SMILES string of the molecule is CC(=O)Nc1ccc(C(=O)Nc2ccc(N3CCN4CCC3CC4)nc2)cc1. The molecule has 5 rings (SSSR count). The van der Waals surface area contributed by atoms with Gasteiger partial charge in [-0.3, -0.25) is 9.59 Å². The van der Waals surface area contributed by atoms with E-state index in [2.05, 4.69) is 25.4 Å². The predicted octanol–water partition coefficient (Wildman–Crippen LogP) is 2.58. The monoisotopic (exact) mass is 379 g/mol. The van der Waals surface area contributed by atoms with Crippen LogP contribution in [0.4, 0.5) is 17.2 Å². The quantitative estimate of drug-likeness (QED) is 0.854. The van der Waals surface area contributed by atoms with Crippen LogP contribution in [-0.4, -0.2) is 53.9 Å². The van der Waals surface area contributed by atoms with Gasteiger partial charge in [-0.15, -0.1) is 0 Å². The highest BCUT2D eigenvalue weighted by molar-refractivity contribution is 6.04. The van der Waals surface area contributed by atoms with Gasteiger partial charge in [-0.2, -0.15) is 0 Å². The Labute approximate surface area is 164 Å². The number of rotatable bonds is 4. The van der Waals surface area contributed by atoms with Gasteiger partial charge in [0, 0.05) is 50.4 Å². The van der Waals surface area contributed by atoms with Crippen LogP contribution in [0.1, 0.15) is 30.1 Å². The molecule has 3 saturated heterocycles. The van der Waals surface area contributed by atoms with Crippen LogP contribution >= 0.6 is 0 Å². The summed E-state index contributed by atoms with van der Waals surface area (Å²) in [5.74, 6) is 0.634. The van der Waals surface area contributed by atoms with E-state index < -0.39 is 0 Å². The van der Waals surface area contributed by atoms with E-state index in [-0.39, 0.29) is 11.8 Å². The number of nitrogens with one attached hydrogen (secondary N) is 2. The van der Waals surface area contributed by atoms with E-state index in [0.29, 0.717) is 23.0 Å². The van der Waals surface area contributed by atoms with Crippen molar-refractivity contribution in [2.24, 2.45) is 0 Å². The molecular formula is C21H25N5O2. The number of nitrogens with zero attached hydrogens (tertiary/aromatic N) is 3. The van der Waals surface area contributed by atoms with Crippen molar-refractivity contribution in [1.82, 2.24) is 9.88 Å². The van der Waals surface area contributed by atoms with E-state index in [1.807, 2.05) is 12.1 Å². The number of amides is 2. The zero-order valence-corrected chi connectivity index (χ0v) is 16.0. The largest absolute Gasteiger partial charge is 0.352 e. The number of carbonyl (C=O) groups is 2. The fourth-order valence-electron chi connectivity index (χ4n) is 3.93. The number of anilines is 3. The Morgan fingerprint density at radius 1 is 0.929 bits per heavy atom. The Bertz CT molecular complexity index is 842. The molecule has 2 N–H and O–H groups in total. The Morgan fingerprint density at radius 2 is 1.64 bits per heavy atom. The smallest absolute Gasteiger partial charge is 0.255 e. The first kappa shape index (κ1) is 18.4. The van der Waals surface area contributed by atoms with E-state index in [4.69, 9.17) is 0 Å². The minimum absolute atomic E-state index is 0.141. The summed E-state index contributed by atoms with van der Waals surface area (Å²) in [6, 6.07) is 11.3. The van der Waals surface area contributed by atoms with Crippen LogP contribution in [-0.2, 0) is 4.79 Å². The Balaban J connectivity index is 1.40. The summed E-state index contributed by atoms with van der Waals surface area (Å²) in [6.07, 6.45) is 4.10. The number of aromatic nitrogens is 1. The average Bonchev–Trinajstić information content (AvgIpc) is 3.03. The van der Waals surface area contributed by atoms with Crippen molar-refractivity contribution in [3.8, 4) is 0 Å². The molecule has 7 heteroatoms. The molecule has 1 aromatic heterocycles. The molecule has 3 fully saturated rings. The highest BCUT2D eigenvalue weighted by Gasteiger charge is 2.29. The van der Waals surface area contributed by atoms with Gasteiger partial charge >= 0.3 is 0 Å². The van der Waals surface area contributed by atoms with Gasteiger partial charge in [0.05, 0.1) is 11.9 Å². The Hall–Kier alpha value is -2.93. The lowest BCUT2D eigenvalue weighted by Crippen LogP contribution is -2.38. The van der Waals surface area contributed by atoms with E-state index in [1.165, 1.54) is 32.9 Å². The van der Waals surface area contributed by atoms with Crippen molar-refractivity contribution in [2.45, 2.75) is 25.8 Å². The van der Waals surface area contributed by atoms with Gasteiger partial charge in [0.15, 0.2) is 0 Å². The molecule has 0 aliphatic carbocycles. The molecule has 4 heterocycles. The predicted molar refractivity (Wildman–Crippen MR) is 110 cm³/mol. The molecule has 1 aromatic carbocycles. The number of carbonyl (C=O) groups excluding carboxylic acids is 2. The Morgan fingerprint density at radius 3 is 2.29 bits per heavy atom. The third-order valence-corrected chi connectivity index (χ3v) is 5.42. The van der Waals surface area contributed by atoms with Crippen LogP contribution < -0.4 is 15.5 Å². The molecule has 0 radical (unpaired) electrons. The highest BCUT2D eigenvalue weighted by Crippen LogP contribution is 2.26. The van der Waals surface area contributed by atoms with Gasteiger partial charge in [0.2, 0.25) is 5.91 Å². The third kappa shape index (κ3) is 4.14. The molecule has 3 aliphatic rings. The van der Waals surface area contributed by atoms with E-state index in [0.717, 1.165) is 18.9 Å². The maximum Gasteiger partial charge on any atom is 0.255 e. The van der Waals surface area contributed by atoms with Crippen molar-refractivity contribution in [1.29, 1.82) is 0 Å². The second-order valence-corrected chi connectivity index (χ2v) is 7.38. The van der Waals surface area contributed by atoms with Crippen molar-refractivity contribution in [2.75, 3.05) is 41.7 Å². The molecule has 2 bridgehead atoms. The molecule has 146 valence electrons. The van der Waals surface area contributed by atoms with Crippen molar-refractivity contribution >= 4 is 29.0 Å². The lowest BCUT2D eigenvalue weighted by Gasteiger charge is -2.32. The van der Waals surface area contributed by atoms with Crippen molar-refractivity contribution < 1.29 is 9.59 Å². The molecule has 0 unspecified atom stereocenters. The Kier molecular flexibility index (Phi) is 5.25. The summed E-state index contributed by atoms with van der Waals surface area (Å²) in [5, 5.41) is 5.56. The van der Waals surface area contributed by atoms with Gasteiger partial charge in [-0.1, -0.05) is 0 Å². The van der Waals surface area contributed by atoms with Crippen LogP contribution in [0.15, 0.2) is 42.6 Å². The number of piperidine rings is 1. The zero-order valence-electron chi connectivity index (χ0n) is 16.0. The fourth-order valence-corrected chi connectivity index (χ4v) is 3.93. The molecule has 28 heavy (non-hydrogen) atoms. The normalized spacial score (nSPS) is 21.1. The summed E-state index contributed by atoms with van der Waals surface area (Å²) in [6.45, 7) is 5.90. The van der Waals surface area contributed by atoms with Crippen molar-refractivity contribution in [3.63, 3.8) is 0 Å². The highest BCUT2D eigenvalue weighted by atomic mass is 16.2. The second kappa shape index (κ2) is 7.98. The number of benzene rings is 1. The minimum Gasteiger partial charge on any atom is -0.352 e. The number of pyridine rings is 1. The molecule has 2 amide bonds. The lowest BCUT2D eigenvalue weighted by atomic mass is 10.1. The van der Waals surface area contributed by atoms with Crippen LogP contribution in [0.5, 0.6) is 0 Å². The zero-order chi connectivity index (χ0) is 19.5. The van der Waals surface area contributed by atoms with Gasteiger partial charge in [0.25, 0.3) is 5.91 Å². The van der Waals surface area contributed by atoms with Crippen molar-refractivity contribution in [3.05, 3.63) is 48.2 Å². The molecule has 2 aromatic rings. The van der Waals surface area contributed by atoms with Crippen LogP contribution in [0.25, 0.3) is 0 Å². The molecule has 0 atom stereocenters. The standard InChI is InChI=1S/C21H25N5O2/c1-15(27)23-17-4-2-16(3-5-17)21(28)24-18-6-7-20(22-14-18)26-13-12-25-10-8-19(26)9-11-25/h2-7,14,19H,8-13H2,1H3,(H,23,27)(H,24,28). The van der Waals surface area contributed by atoms with Crippen LogP contribution in [0.3, 0.4) is 0 Å². The van der Waals surface area contributed by atoms with Gasteiger partial charge in [-0.25, -0.2) is 4.98 Å². The molecular weight excluding hydrogens is 354 g/mol. The maximum atomic E-state index is 12.4. The minimum atomic E-state index is -0.204. The second-order valence-electron chi connectivity index (χ2n) is 7.38. The van der Waals surface area contributed by atoms with E-state index in [1.54, 1.807) is 30.5 Å². The fraction of sp³-hybridized carbons (Fsp3) is 0.381. The van der Waals surface area contributed by atoms with Gasteiger partial charge < -0.3 is 20.4 Å². The van der Waals surface area contributed by atoms with Crippen LogP contribution in [0, 0.1) is 0 Å². The molecule has 0 spiro atoms. The number of hydrogen-bond donors (Lipinski definition) is 2. The topological polar surface area (TPSA) is 77.6 Å². The molecule has 3 aliphatic heterocycles. The number of fused-ring (bicyclic) bond motifs is 4. The summed E-state index contributed by atoms with van der Waals surface area (Å²) >= 11 is 0. The summed E-state index contributed by atoms with van der Waals surface area (Å²) in [5.41, 5.74) is 1.86.